The molecule has 0 atom stereocenters. The van der Waals surface area contributed by atoms with Gasteiger partial charge >= 0.3 is 5.69 Å². The summed E-state index contributed by atoms with van der Waals surface area (Å²) in [6.45, 7) is 1.33. The van der Waals surface area contributed by atoms with Crippen molar-refractivity contribution in [1.29, 1.82) is 0 Å². The zero-order valence-electron chi connectivity index (χ0n) is 12.9. The highest BCUT2D eigenvalue weighted by Gasteiger charge is 2.30. The predicted octanol–water partition coefficient (Wildman–Crippen LogP) is 1.45. The average Bonchev–Trinajstić information content (AvgIpc) is 3.15. The van der Waals surface area contributed by atoms with Crippen LogP contribution in [0, 0.1) is 0 Å². The molecule has 2 aromatic heterocycles. The number of nitrogens with one attached hydrogen (secondary N) is 1. The first-order valence-corrected chi connectivity index (χ1v) is 8.18. The molecule has 1 N–H and O–H groups in total. The van der Waals surface area contributed by atoms with Crippen LogP contribution in [0.1, 0.15) is 49.0 Å². The van der Waals surface area contributed by atoms with Crippen LogP contribution in [-0.2, 0) is 11.2 Å². The molecule has 1 aliphatic carbocycles. The maximum Gasteiger partial charge on any atom is 0.343 e. The fourth-order valence-electron chi connectivity index (χ4n) is 3.18. The number of carbonyl (C=O) groups excluding carboxylic acids is 1. The Morgan fingerprint density at radius 2 is 2.09 bits per heavy atom. The van der Waals surface area contributed by atoms with E-state index in [9.17, 15) is 9.59 Å². The number of carbonyl (C=O) groups is 1. The number of furan rings is 1. The quantitative estimate of drug-likeness (QED) is 0.925. The van der Waals surface area contributed by atoms with Gasteiger partial charge in [0.2, 0.25) is 5.91 Å². The summed E-state index contributed by atoms with van der Waals surface area (Å²) in [7, 11) is 0. The molecule has 2 aromatic rings. The molecule has 122 valence electrons. The van der Waals surface area contributed by atoms with E-state index in [1.54, 1.807) is 17.2 Å². The molecular formula is C16H20N4O3. The number of rotatable bonds is 4. The first-order valence-electron chi connectivity index (χ1n) is 8.18. The van der Waals surface area contributed by atoms with Crippen molar-refractivity contribution >= 4 is 5.91 Å². The van der Waals surface area contributed by atoms with Crippen molar-refractivity contribution in [1.82, 2.24) is 19.7 Å². The number of aromatic amines is 1. The third kappa shape index (κ3) is 2.95. The summed E-state index contributed by atoms with van der Waals surface area (Å²) in [6, 6.07) is 1.90. The second-order valence-corrected chi connectivity index (χ2v) is 6.45. The smallest absolute Gasteiger partial charge is 0.343 e. The summed E-state index contributed by atoms with van der Waals surface area (Å²) < 4.78 is 6.59. The van der Waals surface area contributed by atoms with Crippen LogP contribution in [0.15, 0.2) is 27.8 Å². The number of H-pyrrole nitrogens is 1. The molecule has 4 rings (SSSR count). The van der Waals surface area contributed by atoms with Crippen molar-refractivity contribution in [2.45, 2.75) is 44.1 Å². The molecule has 0 spiro atoms. The van der Waals surface area contributed by atoms with Crippen LogP contribution < -0.4 is 5.69 Å². The second kappa shape index (κ2) is 5.72. The second-order valence-electron chi connectivity index (χ2n) is 6.45. The van der Waals surface area contributed by atoms with Crippen molar-refractivity contribution in [3.8, 4) is 0 Å². The first kappa shape index (κ1) is 14.3. The number of nitrogens with zero attached hydrogens (tertiary/aromatic N) is 3. The summed E-state index contributed by atoms with van der Waals surface area (Å²) in [5.41, 5.74) is 0.782. The topological polar surface area (TPSA) is 84.1 Å². The molecule has 0 bridgehead atoms. The highest BCUT2D eigenvalue weighted by molar-refractivity contribution is 5.78. The van der Waals surface area contributed by atoms with Crippen molar-refractivity contribution < 1.29 is 9.21 Å². The fourth-order valence-corrected chi connectivity index (χ4v) is 3.18. The van der Waals surface area contributed by atoms with Gasteiger partial charge in [0, 0.05) is 19.0 Å². The lowest BCUT2D eigenvalue weighted by molar-refractivity contribution is -0.131. The minimum absolute atomic E-state index is 0.0872. The third-order valence-corrected chi connectivity index (χ3v) is 4.72. The van der Waals surface area contributed by atoms with E-state index in [-0.39, 0.29) is 17.6 Å². The van der Waals surface area contributed by atoms with Gasteiger partial charge in [-0.15, -0.1) is 0 Å². The standard InChI is InChI=1S/C16H20N4O3/c21-14(9-11-5-8-23-10-11)19-6-3-13(4-7-19)20-16(22)17-15(18-20)12-1-2-12/h5,8,10,12-13H,1-4,6-7,9H2,(H,17,18,22). The van der Waals surface area contributed by atoms with E-state index in [4.69, 9.17) is 4.42 Å². The molecular weight excluding hydrogens is 296 g/mol. The predicted molar refractivity (Wildman–Crippen MR) is 82.1 cm³/mol. The first-order chi connectivity index (χ1) is 11.2. The Hall–Kier alpha value is -2.31. The molecule has 0 aromatic carbocycles. The van der Waals surface area contributed by atoms with Gasteiger partial charge in [-0.1, -0.05) is 0 Å². The van der Waals surface area contributed by atoms with E-state index >= 15 is 0 Å². The van der Waals surface area contributed by atoms with Crippen LogP contribution >= 0.6 is 0 Å². The molecule has 2 fully saturated rings. The van der Waals surface area contributed by atoms with Gasteiger partial charge in [-0.25, -0.2) is 9.48 Å². The van der Waals surface area contributed by atoms with Crippen LogP contribution in [-0.4, -0.2) is 38.7 Å². The molecule has 2 aliphatic rings. The molecule has 3 heterocycles. The molecule has 1 saturated carbocycles. The Labute approximate surface area is 133 Å². The van der Waals surface area contributed by atoms with E-state index < -0.39 is 0 Å². The fraction of sp³-hybridized carbons (Fsp3) is 0.562. The summed E-state index contributed by atoms with van der Waals surface area (Å²) in [5.74, 6) is 1.38. The Bertz CT molecular complexity index is 734. The minimum Gasteiger partial charge on any atom is -0.472 e. The van der Waals surface area contributed by atoms with Crippen LogP contribution in [0.3, 0.4) is 0 Å². The SMILES string of the molecule is O=C(Cc1ccoc1)N1CCC(n2nc(C3CC3)[nH]c2=O)CC1. The molecule has 1 amide bonds. The Morgan fingerprint density at radius 1 is 1.30 bits per heavy atom. The maximum atomic E-state index is 12.3. The van der Waals surface area contributed by atoms with Crippen molar-refractivity contribution in [3.05, 3.63) is 40.5 Å². The number of hydrogen-bond acceptors (Lipinski definition) is 4. The van der Waals surface area contributed by atoms with E-state index in [2.05, 4.69) is 10.1 Å². The van der Waals surface area contributed by atoms with Gasteiger partial charge < -0.3 is 9.32 Å². The monoisotopic (exact) mass is 316 g/mol. The molecule has 0 unspecified atom stereocenters. The van der Waals surface area contributed by atoms with Gasteiger partial charge in [0.1, 0.15) is 5.82 Å². The molecule has 1 saturated heterocycles. The zero-order chi connectivity index (χ0) is 15.8. The number of hydrogen-bond donors (Lipinski definition) is 1. The van der Waals surface area contributed by atoms with Crippen molar-refractivity contribution in [2.75, 3.05) is 13.1 Å². The molecule has 0 radical (unpaired) electrons. The lowest BCUT2D eigenvalue weighted by atomic mass is 10.0. The van der Waals surface area contributed by atoms with E-state index in [1.807, 2.05) is 11.0 Å². The lowest BCUT2D eigenvalue weighted by Crippen LogP contribution is -2.41. The highest BCUT2D eigenvalue weighted by Crippen LogP contribution is 2.37. The van der Waals surface area contributed by atoms with E-state index in [1.165, 1.54) is 0 Å². The van der Waals surface area contributed by atoms with Crippen LogP contribution in [0.2, 0.25) is 0 Å². The summed E-state index contributed by atoms with van der Waals surface area (Å²) in [6.07, 6.45) is 7.33. The summed E-state index contributed by atoms with van der Waals surface area (Å²) >= 11 is 0. The third-order valence-electron chi connectivity index (χ3n) is 4.72. The number of likely N-dealkylation sites (tertiary alicyclic amines) is 1. The van der Waals surface area contributed by atoms with E-state index in [0.717, 1.165) is 37.1 Å². The Morgan fingerprint density at radius 3 is 2.74 bits per heavy atom. The van der Waals surface area contributed by atoms with E-state index in [0.29, 0.717) is 25.4 Å². The largest absolute Gasteiger partial charge is 0.472 e. The molecule has 1 aliphatic heterocycles. The average molecular weight is 316 g/mol. The maximum absolute atomic E-state index is 12.3. The van der Waals surface area contributed by atoms with Crippen molar-refractivity contribution in [2.24, 2.45) is 0 Å². The molecule has 23 heavy (non-hydrogen) atoms. The van der Waals surface area contributed by atoms with Gasteiger partial charge in [0.05, 0.1) is 25.0 Å². The van der Waals surface area contributed by atoms with Gasteiger partial charge in [-0.3, -0.25) is 9.78 Å². The van der Waals surface area contributed by atoms with Gasteiger partial charge in [0.25, 0.3) is 0 Å². The molecule has 7 heteroatoms. The number of amides is 1. The van der Waals surface area contributed by atoms with Crippen LogP contribution in [0.25, 0.3) is 0 Å². The summed E-state index contributed by atoms with van der Waals surface area (Å²) in [4.78, 5) is 29.1. The Balaban J connectivity index is 1.37. The highest BCUT2D eigenvalue weighted by atomic mass is 16.3. The molecule has 7 nitrogen and oxygen atoms in total. The van der Waals surface area contributed by atoms with Crippen LogP contribution in [0.5, 0.6) is 0 Å². The lowest BCUT2D eigenvalue weighted by Gasteiger charge is -2.31. The zero-order valence-corrected chi connectivity index (χ0v) is 12.9. The van der Waals surface area contributed by atoms with Crippen molar-refractivity contribution in [3.63, 3.8) is 0 Å². The normalized spacial score (nSPS) is 19.2. The minimum atomic E-state index is -0.116. The Kier molecular flexibility index (Phi) is 3.55. The van der Waals surface area contributed by atoms with Crippen LogP contribution in [0.4, 0.5) is 0 Å². The van der Waals surface area contributed by atoms with Gasteiger partial charge in [-0.05, 0) is 37.3 Å². The number of aromatic nitrogens is 3. The van der Waals surface area contributed by atoms with Gasteiger partial charge in [-0.2, -0.15) is 5.10 Å². The van der Waals surface area contributed by atoms with Gasteiger partial charge in [0.15, 0.2) is 0 Å². The summed E-state index contributed by atoms with van der Waals surface area (Å²) in [5, 5.41) is 4.46. The number of piperidine rings is 1.